The quantitative estimate of drug-likeness (QED) is 0.405. The van der Waals surface area contributed by atoms with Crippen molar-refractivity contribution >= 4 is 0 Å². The normalized spacial score (nSPS) is 53.3. The largest absolute Gasteiger partial charge is 0.0761 e. The molecule has 0 N–H and O–H groups in total. The average molecular weight is 76.1 g/mol. The fourth-order valence-electron chi connectivity index (χ4n) is 1.47. The molecule has 0 aromatic carbocycles. The highest BCUT2D eigenvalue weighted by molar-refractivity contribution is 5.72. The summed E-state index contributed by atoms with van der Waals surface area (Å²) >= 11 is 0. The van der Waals surface area contributed by atoms with E-state index in [9.17, 15) is 0 Å². The highest BCUT2D eigenvalue weighted by atomic mass is 14.6. The van der Waals surface area contributed by atoms with E-state index in [0.717, 1.165) is 11.8 Å². The third kappa shape index (κ3) is 0.0510. The highest BCUT2D eigenvalue weighted by Gasteiger charge is 2.62. The number of hydrogen-bond acceptors (Lipinski definition) is 0. The van der Waals surface area contributed by atoms with Gasteiger partial charge in [-0.2, -0.15) is 0 Å². The maximum atomic E-state index is 2.31. The molecule has 0 nitrogen and oxygen atoms in total. The van der Waals surface area contributed by atoms with Gasteiger partial charge in [0.15, 0.2) is 0 Å². The number of allylic oxidation sites excluding steroid dienone is 4. The van der Waals surface area contributed by atoms with E-state index >= 15 is 0 Å². The molecule has 4 aliphatic rings. The second-order valence-corrected chi connectivity index (χ2v) is 2.27. The lowest BCUT2D eigenvalue weighted by molar-refractivity contribution is 1.01. The van der Waals surface area contributed by atoms with E-state index in [-0.39, 0.29) is 0 Å². The van der Waals surface area contributed by atoms with E-state index in [4.69, 9.17) is 0 Å². The highest BCUT2D eigenvalue weighted by Crippen LogP contribution is 2.72. The summed E-state index contributed by atoms with van der Waals surface area (Å²) in [5, 5.41) is 0. The zero-order valence-electron chi connectivity index (χ0n) is 3.31. The third-order valence-electron chi connectivity index (χ3n) is 2.01. The molecule has 1 saturated carbocycles. The minimum atomic E-state index is 0.972. The first-order valence-corrected chi connectivity index (χ1v) is 2.40. The predicted molar refractivity (Wildman–Crippen MR) is 23.1 cm³/mol. The van der Waals surface area contributed by atoms with Crippen LogP contribution in [-0.2, 0) is 0 Å². The Kier molecular flexibility index (Phi) is 0.0978. The Morgan fingerprint density at radius 1 is 1.50 bits per heavy atom. The monoisotopic (exact) mass is 76.0 g/mol. The molecular formula is C6H4. The van der Waals surface area contributed by atoms with Crippen LogP contribution in [0.4, 0.5) is 0 Å². The van der Waals surface area contributed by atoms with Crippen molar-refractivity contribution in [3.05, 3.63) is 23.3 Å². The Labute approximate surface area is 36.2 Å². The molecular weight excluding hydrogens is 72.1 g/mol. The first-order valence-electron chi connectivity index (χ1n) is 2.40. The smallest absolute Gasteiger partial charge is 0.0161 e. The molecule has 0 heteroatoms. The van der Waals surface area contributed by atoms with Gasteiger partial charge in [-0.15, -0.1) is 0 Å². The summed E-state index contributed by atoms with van der Waals surface area (Å²) < 4.78 is 0. The van der Waals surface area contributed by atoms with Crippen molar-refractivity contribution in [1.29, 1.82) is 0 Å². The molecule has 0 aromatic rings. The SMILES string of the molecule is C1=C[C@H]2C3=C1C32. The zero-order chi connectivity index (χ0) is 3.72. The summed E-state index contributed by atoms with van der Waals surface area (Å²) in [5.74, 6) is 1.99. The summed E-state index contributed by atoms with van der Waals surface area (Å²) in [6.07, 6.45) is 4.58. The van der Waals surface area contributed by atoms with Gasteiger partial charge in [0, 0.05) is 11.8 Å². The van der Waals surface area contributed by atoms with E-state index in [2.05, 4.69) is 12.2 Å². The molecule has 6 heavy (non-hydrogen) atoms. The summed E-state index contributed by atoms with van der Waals surface area (Å²) in [6, 6.07) is 0. The molecule has 4 aliphatic carbocycles. The van der Waals surface area contributed by atoms with Crippen molar-refractivity contribution < 1.29 is 0 Å². The van der Waals surface area contributed by atoms with E-state index < -0.39 is 0 Å². The molecule has 0 amide bonds. The van der Waals surface area contributed by atoms with Crippen LogP contribution in [0.3, 0.4) is 0 Å². The van der Waals surface area contributed by atoms with Gasteiger partial charge in [0.2, 0.25) is 0 Å². The minimum absolute atomic E-state index is 0.972. The van der Waals surface area contributed by atoms with Crippen LogP contribution in [0, 0.1) is 11.8 Å². The second-order valence-electron chi connectivity index (χ2n) is 2.27. The Hall–Kier alpha value is -0.520. The van der Waals surface area contributed by atoms with Gasteiger partial charge in [0.1, 0.15) is 0 Å². The van der Waals surface area contributed by atoms with Crippen LogP contribution in [-0.4, -0.2) is 0 Å². The Bertz CT molecular complexity index is 184. The van der Waals surface area contributed by atoms with Crippen molar-refractivity contribution in [3.63, 3.8) is 0 Å². The van der Waals surface area contributed by atoms with Gasteiger partial charge in [-0.1, -0.05) is 17.7 Å². The molecule has 1 fully saturated rings. The minimum Gasteiger partial charge on any atom is -0.0761 e. The lowest BCUT2D eigenvalue weighted by Gasteiger charge is -1.73. The molecule has 4 rings (SSSR count). The molecule has 0 aromatic heterocycles. The van der Waals surface area contributed by atoms with Crippen LogP contribution in [0.1, 0.15) is 0 Å². The topological polar surface area (TPSA) is 0 Å². The third-order valence-corrected chi connectivity index (χ3v) is 2.01. The maximum Gasteiger partial charge on any atom is 0.0161 e. The lowest BCUT2D eigenvalue weighted by atomic mass is 10.3. The Morgan fingerprint density at radius 3 is 2.50 bits per heavy atom. The molecule has 0 spiro atoms. The van der Waals surface area contributed by atoms with E-state index in [0.29, 0.717) is 0 Å². The van der Waals surface area contributed by atoms with Gasteiger partial charge in [-0.25, -0.2) is 0 Å². The maximum absolute atomic E-state index is 2.31. The summed E-state index contributed by atoms with van der Waals surface area (Å²) in [5.41, 5.74) is 3.43. The van der Waals surface area contributed by atoms with Gasteiger partial charge in [-0.05, 0) is 5.57 Å². The van der Waals surface area contributed by atoms with Crippen molar-refractivity contribution in [3.8, 4) is 0 Å². The fraction of sp³-hybridized carbons (Fsp3) is 0.333. The molecule has 1 unspecified atom stereocenters. The molecule has 0 radical (unpaired) electrons. The molecule has 0 aliphatic heterocycles. The standard InChI is InChI=1S/C6H4/c1-2-4-5-3(1)6(4)5/h1-3,5H/t3-,5?/m1/s1. The van der Waals surface area contributed by atoms with Gasteiger partial charge >= 0.3 is 0 Å². The van der Waals surface area contributed by atoms with Crippen LogP contribution in [0.25, 0.3) is 0 Å². The summed E-state index contributed by atoms with van der Waals surface area (Å²) in [6.45, 7) is 0. The van der Waals surface area contributed by atoms with Crippen molar-refractivity contribution in [1.82, 2.24) is 0 Å². The Balaban J connectivity index is 2.56. The predicted octanol–water partition coefficient (Wildman–Crippen LogP) is 1.11. The van der Waals surface area contributed by atoms with Gasteiger partial charge in [0.05, 0.1) is 0 Å². The van der Waals surface area contributed by atoms with Crippen LogP contribution in [0.5, 0.6) is 0 Å². The van der Waals surface area contributed by atoms with Crippen molar-refractivity contribution in [2.24, 2.45) is 11.8 Å². The van der Waals surface area contributed by atoms with Crippen molar-refractivity contribution in [2.45, 2.75) is 0 Å². The summed E-state index contributed by atoms with van der Waals surface area (Å²) in [4.78, 5) is 0. The Morgan fingerprint density at radius 2 is 2.33 bits per heavy atom. The lowest BCUT2D eigenvalue weighted by Crippen LogP contribution is -1.65. The average Bonchev–Trinajstić information content (AvgIpc) is 2.30. The second kappa shape index (κ2) is 0.299. The molecule has 28 valence electrons. The van der Waals surface area contributed by atoms with Crippen LogP contribution < -0.4 is 0 Å². The van der Waals surface area contributed by atoms with Crippen LogP contribution in [0.2, 0.25) is 0 Å². The first-order chi connectivity index (χ1) is 2.98. The van der Waals surface area contributed by atoms with Crippen LogP contribution in [0.15, 0.2) is 23.3 Å². The van der Waals surface area contributed by atoms with Gasteiger partial charge < -0.3 is 0 Å². The summed E-state index contributed by atoms with van der Waals surface area (Å²) in [7, 11) is 0. The van der Waals surface area contributed by atoms with Gasteiger partial charge in [0.25, 0.3) is 0 Å². The molecule has 2 bridgehead atoms. The molecule has 0 heterocycles. The van der Waals surface area contributed by atoms with E-state index in [1.165, 1.54) is 0 Å². The number of rotatable bonds is 0. The van der Waals surface area contributed by atoms with Crippen molar-refractivity contribution in [2.75, 3.05) is 0 Å². The van der Waals surface area contributed by atoms with E-state index in [1.54, 1.807) is 11.1 Å². The van der Waals surface area contributed by atoms with Gasteiger partial charge in [-0.3, -0.25) is 0 Å². The molecule has 0 saturated heterocycles. The molecule has 2 atom stereocenters. The zero-order valence-corrected chi connectivity index (χ0v) is 3.31. The number of hydrogen-bond donors (Lipinski definition) is 0. The van der Waals surface area contributed by atoms with Crippen LogP contribution >= 0.6 is 0 Å². The first kappa shape index (κ1) is 1.97. The van der Waals surface area contributed by atoms with E-state index in [1.807, 2.05) is 0 Å². The fourth-order valence-corrected chi connectivity index (χ4v) is 1.47.